The number of hydrazine groups is 1. The molecule has 1 heterocycles. The number of nitrogens with zero attached hydrogens (tertiary/aromatic N) is 2. The molecule has 1 aliphatic rings. The van der Waals surface area contributed by atoms with E-state index in [2.05, 4.69) is 10.3 Å². The summed E-state index contributed by atoms with van der Waals surface area (Å²) >= 11 is 0. The third-order valence-corrected chi connectivity index (χ3v) is 3.59. The van der Waals surface area contributed by atoms with E-state index >= 15 is 0 Å². The van der Waals surface area contributed by atoms with Gasteiger partial charge in [0.15, 0.2) is 16.8 Å². The first-order valence-corrected chi connectivity index (χ1v) is 6.97. The SMILES string of the molecule is NC(=O)[C@@H]1CC(N)(C(=O)[C@H](CCCN=C(N)N)N[N+](=O)[O-])CN1. The lowest BCUT2D eigenvalue weighted by atomic mass is 9.86. The molecule has 0 aliphatic carbocycles. The van der Waals surface area contributed by atoms with Gasteiger partial charge in [0.25, 0.3) is 0 Å². The molecule has 1 amide bonds. The highest BCUT2D eigenvalue weighted by Gasteiger charge is 2.47. The van der Waals surface area contributed by atoms with Gasteiger partial charge in [0.05, 0.1) is 11.6 Å². The molecule has 12 heteroatoms. The van der Waals surface area contributed by atoms with Crippen LogP contribution < -0.4 is 33.7 Å². The summed E-state index contributed by atoms with van der Waals surface area (Å²) in [6.07, 6.45) is 0.458. The van der Waals surface area contributed by atoms with Crippen LogP contribution in [0, 0.1) is 10.1 Å². The molecule has 1 saturated heterocycles. The summed E-state index contributed by atoms with van der Waals surface area (Å²) in [7, 11) is 0. The molecule has 1 aliphatic heterocycles. The summed E-state index contributed by atoms with van der Waals surface area (Å²) in [5, 5.41) is 12.6. The monoisotopic (exact) mass is 330 g/mol. The zero-order valence-electron chi connectivity index (χ0n) is 12.5. The third kappa shape index (κ3) is 5.34. The highest BCUT2D eigenvalue weighted by Crippen LogP contribution is 2.20. The summed E-state index contributed by atoms with van der Waals surface area (Å²) in [5.41, 5.74) is 22.1. The van der Waals surface area contributed by atoms with Gasteiger partial charge >= 0.3 is 0 Å². The van der Waals surface area contributed by atoms with Crippen LogP contribution in [0.25, 0.3) is 0 Å². The van der Waals surface area contributed by atoms with Crippen molar-refractivity contribution in [2.45, 2.75) is 36.9 Å². The van der Waals surface area contributed by atoms with E-state index in [0.29, 0.717) is 6.42 Å². The number of hydrogen-bond acceptors (Lipinski definition) is 7. The lowest BCUT2D eigenvalue weighted by molar-refractivity contribution is -0.548. The second-order valence-corrected chi connectivity index (χ2v) is 5.45. The van der Waals surface area contributed by atoms with Gasteiger partial charge in [0.2, 0.25) is 5.91 Å². The molecular formula is C11H22N8O4. The number of Topliss-reactive ketones (excluding diaryl/α,β-unsaturated/α-hetero) is 1. The van der Waals surface area contributed by atoms with Crippen LogP contribution in [0.2, 0.25) is 0 Å². The topological polar surface area (TPSA) is 218 Å². The molecule has 0 aromatic heterocycles. The van der Waals surface area contributed by atoms with Gasteiger partial charge in [-0.15, -0.1) is 5.43 Å². The van der Waals surface area contributed by atoms with Crippen LogP contribution in [-0.4, -0.2) is 53.4 Å². The lowest BCUT2D eigenvalue weighted by Gasteiger charge is -2.25. The van der Waals surface area contributed by atoms with E-state index in [1.54, 1.807) is 0 Å². The molecule has 23 heavy (non-hydrogen) atoms. The van der Waals surface area contributed by atoms with Gasteiger partial charge in [-0.2, -0.15) is 0 Å². The second kappa shape index (κ2) is 7.69. The predicted octanol–water partition coefficient (Wildman–Crippen LogP) is -3.70. The normalized spacial score (nSPS) is 24.7. The van der Waals surface area contributed by atoms with E-state index in [0.717, 1.165) is 0 Å². The standard InChI is InChI=1S/C11H22N8O4/c12-9(21)7-4-11(15,5-17-7)8(20)6(18-19(22)23)2-1-3-16-10(13)14/h6-7,17-18H,1-5,15H2,(H2,12,21)(H4,13,14,16)/t6-,7-,11?/m0/s1. The average Bonchev–Trinajstić information content (AvgIpc) is 2.85. The molecule has 0 aromatic carbocycles. The largest absolute Gasteiger partial charge is 0.370 e. The van der Waals surface area contributed by atoms with Crippen molar-refractivity contribution in [2.24, 2.45) is 27.9 Å². The highest BCUT2D eigenvalue weighted by molar-refractivity contribution is 5.95. The van der Waals surface area contributed by atoms with Crippen LogP contribution in [-0.2, 0) is 9.59 Å². The number of nitrogens with two attached hydrogens (primary N) is 4. The van der Waals surface area contributed by atoms with Crippen molar-refractivity contribution in [3.63, 3.8) is 0 Å². The van der Waals surface area contributed by atoms with Gasteiger partial charge in [-0.3, -0.25) is 14.6 Å². The lowest BCUT2D eigenvalue weighted by Crippen LogP contribution is -2.58. The minimum Gasteiger partial charge on any atom is -0.370 e. The number of nitrogens with one attached hydrogen (secondary N) is 2. The van der Waals surface area contributed by atoms with E-state index in [4.69, 9.17) is 22.9 Å². The first-order chi connectivity index (χ1) is 10.7. The number of hydrogen-bond donors (Lipinski definition) is 6. The van der Waals surface area contributed by atoms with E-state index in [-0.39, 0.29) is 31.9 Å². The predicted molar refractivity (Wildman–Crippen MR) is 81.4 cm³/mol. The zero-order valence-corrected chi connectivity index (χ0v) is 12.5. The summed E-state index contributed by atoms with van der Waals surface area (Å²) in [4.78, 5) is 38.1. The van der Waals surface area contributed by atoms with Crippen molar-refractivity contribution in [1.29, 1.82) is 0 Å². The number of guanidine groups is 1. The van der Waals surface area contributed by atoms with Crippen molar-refractivity contribution in [1.82, 2.24) is 10.7 Å². The fraction of sp³-hybridized carbons (Fsp3) is 0.727. The van der Waals surface area contributed by atoms with Crippen LogP contribution >= 0.6 is 0 Å². The molecule has 0 spiro atoms. The van der Waals surface area contributed by atoms with Gasteiger partial charge in [0, 0.05) is 13.1 Å². The van der Waals surface area contributed by atoms with E-state index < -0.39 is 34.3 Å². The van der Waals surface area contributed by atoms with Gasteiger partial charge in [-0.05, 0) is 19.3 Å². The Hall–Kier alpha value is -2.47. The summed E-state index contributed by atoms with van der Waals surface area (Å²) in [5.74, 6) is -1.29. The van der Waals surface area contributed by atoms with Crippen molar-refractivity contribution >= 4 is 17.6 Å². The molecule has 1 fully saturated rings. The Bertz CT molecular complexity index is 506. The number of ketones is 1. The van der Waals surface area contributed by atoms with Crippen LogP contribution in [0.15, 0.2) is 4.99 Å². The number of nitro groups is 1. The fourth-order valence-corrected chi connectivity index (χ4v) is 2.43. The van der Waals surface area contributed by atoms with Crippen molar-refractivity contribution in [3.8, 4) is 0 Å². The second-order valence-electron chi connectivity index (χ2n) is 5.45. The minimum atomic E-state index is -1.40. The number of amides is 1. The molecule has 0 bridgehead atoms. The van der Waals surface area contributed by atoms with Crippen LogP contribution in [0.1, 0.15) is 19.3 Å². The highest BCUT2D eigenvalue weighted by atomic mass is 16.7. The van der Waals surface area contributed by atoms with Crippen LogP contribution in [0.4, 0.5) is 0 Å². The number of carbonyl (C=O) groups is 2. The minimum absolute atomic E-state index is 0.00897. The Labute approximate surface area is 132 Å². The van der Waals surface area contributed by atoms with Crippen LogP contribution in [0.3, 0.4) is 0 Å². The van der Waals surface area contributed by atoms with Crippen LogP contribution in [0.5, 0.6) is 0 Å². The molecule has 3 atom stereocenters. The maximum Gasteiger partial charge on any atom is 0.234 e. The van der Waals surface area contributed by atoms with Gasteiger partial charge in [-0.25, -0.2) is 10.1 Å². The molecule has 0 saturated carbocycles. The Morgan fingerprint density at radius 2 is 2.09 bits per heavy atom. The maximum absolute atomic E-state index is 12.5. The number of primary amides is 1. The smallest absolute Gasteiger partial charge is 0.234 e. The number of aliphatic imine (C=N–C) groups is 1. The molecule has 1 unspecified atom stereocenters. The summed E-state index contributed by atoms with van der Waals surface area (Å²) < 4.78 is 0. The number of carbonyl (C=O) groups excluding carboxylic acids is 2. The molecule has 10 N–H and O–H groups in total. The molecule has 0 aromatic rings. The summed E-state index contributed by atoms with van der Waals surface area (Å²) in [6, 6.07) is -1.85. The van der Waals surface area contributed by atoms with Crippen molar-refractivity contribution in [3.05, 3.63) is 10.1 Å². The van der Waals surface area contributed by atoms with E-state index in [1.807, 2.05) is 5.43 Å². The summed E-state index contributed by atoms with van der Waals surface area (Å²) in [6.45, 7) is 0.245. The zero-order chi connectivity index (χ0) is 17.6. The average molecular weight is 330 g/mol. The van der Waals surface area contributed by atoms with Gasteiger partial charge in [-0.1, -0.05) is 0 Å². The first-order valence-electron chi connectivity index (χ1n) is 6.97. The maximum atomic E-state index is 12.5. The Kier molecular flexibility index (Phi) is 6.21. The van der Waals surface area contributed by atoms with Gasteiger partial charge in [0.1, 0.15) is 6.04 Å². The first kappa shape index (κ1) is 18.6. The fourth-order valence-electron chi connectivity index (χ4n) is 2.43. The molecule has 1 rings (SSSR count). The van der Waals surface area contributed by atoms with E-state index in [1.165, 1.54) is 0 Å². The van der Waals surface area contributed by atoms with E-state index in [9.17, 15) is 19.7 Å². The Morgan fingerprint density at radius 3 is 2.57 bits per heavy atom. The third-order valence-electron chi connectivity index (χ3n) is 3.59. The molecule has 0 radical (unpaired) electrons. The molecule has 12 nitrogen and oxygen atoms in total. The quantitative estimate of drug-likeness (QED) is 0.0804. The molecular weight excluding hydrogens is 308 g/mol. The van der Waals surface area contributed by atoms with Gasteiger partial charge < -0.3 is 28.3 Å². The number of rotatable bonds is 9. The Morgan fingerprint density at radius 1 is 1.43 bits per heavy atom. The molecule has 130 valence electrons. The Balaban J connectivity index is 2.73. The van der Waals surface area contributed by atoms with Crippen molar-refractivity contribution < 1.29 is 14.6 Å². The van der Waals surface area contributed by atoms with Crippen molar-refractivity contribution in [2.75, 3.05) is 13.1 Å².